The Kier molecular flexibility index (Phi) is 6.28. The third-order valence-corrected chi connectivity index (χ3v) is 5.30. The van der Waals surface area contributed by atoms with Gasteiger partial charge in [0.2, 0.25) is 0 Å². The average Bonchev–Trinajstić information content (AvgIpc) is 2.65. The standard InChI is InChI=1S/C20H19F2N3O3S/c1-14-11-16(25-29(26,27)20-18(21)3-2-4-19(20)22)13-17(12-14)28-10-9-24-15-5-7-23-8-6-15/h2-8,11-13,25H,9-10H2,1H3,(H,23,24). The summed E-state index contributed by atoms with van der Waals surface area (Å²) in [6.07, 6.45) is 3.33. The van der Waals surface area contributed by atoms with Crippen LogP contribution in [-0.4, -0.2) is 26.6 Å². The molecule has 0 atom stereocenters. The molecule has 152 valence electrons. The molecule has 0 amide bonds. The third kappa shape index (κ3) is 5.41. The largest absolute Gasteiger partial charge is 0.492 e. The number of nitrogens with zero attached hydrogens (tertiary/aromatic N) is 1. The lowest BCUT2D eigenvalue weighted by Crippen LogP contribution is -2.17. The molecule has 3 aromatic rings. The number of anilines is 2. The fourth-order valence-electron chi connectivity index (χ4n) is 2.67. The van der Waals surface area contributed by atoms with Crippen molar-refractivity contribution >= 4 is 21.4 Å². The summed E-state index contributed by atoms with van der Waals surface area (Å²) in [6.45, 7) is 2.59. The number of sulfonamides is 1. The number of pyridine rings is 1. The van der Waals surface area contributed by atoms with Crippen molar-refractivity contribution in [1.82, 2.24) is 4.98 Å². The van der Waals surface area contributed by atoms with Crippen LogP contribution < -0.4 is 14.8 Å². The van der Waals surface area contributed by atoms with Crippen molar-refractivity contribution in [2.75, 3.05) is 23.2 Å². The highest BCUT2D eigenvalue weighted by Crippen LogP contribution is 2.25. The van der Waals surface area contributed by atoms with E-state index in [1.54, 1.807) is 31.5 Å². The summed E-state index contributed by atoms with van der Waals surface area (Å²) in [5.41, 5.74) is 1.76. The van der Waals surface area contributed by atoms with Gasteiger partial charge in [-0.05, 0) is 48.9 Å². The van der Waals surface area contributed by atoms with Crippen LogP contribution in [0.15, 0.2) is 65.8 Å². The van der Waals surface area contributed by atoms with Crippen LogP contribution >= 0.6 is 0 Å². The Labute approximate surface area is 167 Å². The predicted molar refractivity (Wildman–Crippen MR) is 107 cm³/mol. The molecular weight excluding hydrogens is 400 g/mol. The quantitative estimate of drug-likeness (QED) is 0.540. The van der Waals surface area contributed by atoms with Gasteiger partial charge in [-0.15, -0.1) is 0 Å². The zero-order valence-electron chi connectivity index (χ0n) is 15.5. The molecule has 0 radical (unpaired) electrons. The van der Waals surface area contributed by atoms with E-state index in [9.17, 15) is 17.2 Å². The molecule has 1 aromatic heterocycles. The van der Waals surface area contributed by atoms with Gasteiger partial charge in [0.15, 0.2) is 4.90 Å². The van der Waals surface area contributed by atoms with Crippen LogP contribution in [0.5, 0.6) is 5.75 Å². The van der Waals surface area contributed by atoms with E-state index >= 15 is 0 Å². The Morgan fingerprint density at radius 1 is 1.00 bits per heavy atom. The monoisotopic (exact) mass is 419 g/mol. The first kappa shape index (κ1) is 20.5. The highest BCUT2D eigenvalue weighted by Gasteiger charge is 2.24. The van der Waals surface area contributed by atoms with E-state index < -0.39 is 26.6 Å². The van der Waals surface area contributed by atoms with Gasteiger partial charge in [-0.2, -0.15) is 0 Å². The fourth-order valence-corrected chi connectivity index (χ4v) is 3.85. The van der Waals surface area contributed by atoms with E-state index in [0.717, 1.165) is 29.4 Å². The van der Waals surface area contributed by atoms with Gasteiger partial charge in [-0.1, -0.05) is 6.07 Å². The maximum Gasteiger partial charge on any atom is 0.267 e. The van der Waals surface area contributed by atoms with Crippen LogP contribution in [0.2, 0.25) is 0 Å². The van der Waals surface area contributed by atoms with Crippen molar-refractivity contribution < 1.29 is 21.9 Å². The summed E-state index contributed by atoms with van der Waals surface area (Å²) in [4.78, 5) is 2.91. The number of hydrogen-bond donors (Lipinski definition) is 2. The lowest BCUT2D eigenvalue weighted by Gasteiger charge is -2.13. The SMILES string of the molecule is Cc1cc(NS(=O)(=O)c2c(F)cccc2F)cc(OCCNc2ccncc2)c1. The first-order valence-electron chi connectivity index (χ1n) is 8.70. The Morgan fingerprint density at radius 2 is 1.69 bits per heavy atom. The highest BCUT2D eigenvalue weighted by atomic mass is 32.2. The van der Waals surface area contributed by atoms with Crippen LogP contribution in [-0.2, 0) is 10.0 Å². The number of aromatic nitrogens is 1. The number of hydrogen-bond acceptors (Lipinski definition) is 5. The summed E-state index contributed by atoms with van der Waals surface area (Å²) in [7, 11) is -4.44. The van der Waals surface area contributed by atoms with Gasteiger partial charge in [-0.25, -0.2) is 17.2 Å². The van der Waals surface area contributed by atoms with E-state index in [1.807, 2.05) is 12.1 Å². The molecule has 1 heterocycles. The van der Waals surface area contributed by atoms with Crippen molar-refractivity contribution in [2.24, 2.45) is 0 Å². The average molecular weight is 419 g/mol. The minimum Gasteiger partial charge on any atom is -0.492 e. The van der Waals surface area contributed by atoms with Crippen molar-refractivity contribution in [3.63, 3.8) is 0 Å². The molecule has 0 bridgehead atoms. The van der Waals surface area contributed by atoms with E-state index in [1.165, 1.54) is 6.07 Å². The molecule has 29 heavy (non-hydrogen) atoms. The Hall–Kier alpha value is -3.20. The van der Waals surface area contributed by atoms with Crippen molar-refractivity contribution in [3.8, 4) is 5.75 Å². The van der Waals surface area contributed by atoms with Crippen LogP contribution in [0.25, 0.3) is 0 Å². The maximum atomic E-state index is 13.9. The maximum absolute atomic E-state index is 13.9. The lowest BCUT2D eigenvalue weighted by atomic mass is 10.2. The molecule has 0 aliphatic carbocycles. The second-order valence-electron chi connectivity index (χ2n) is 6.20. The molecule has 0 saturated heterocycles. The van der Waals surface area contributed by atoms with E-state index in [4.69, 9.17) is 4.74 Å². The predicted octanol–water partition coefficient (Wildman–Crippen LogP) is 3.96. The molecule has 0 fully saturated rings. The van der Waals surface area contributed by atoms with Gasteiger partial charge in [0.25, 0.3) is 10.0 Å². The Balaban J connectivity index is 1.68. The fraction of sp³-hybridized carbons (Fsp3) is 0.150. The van der Waals surface area contributed by atoms with Crippen LogP contribution in [0, 0.1) is 18.6 Å². The van der Waals surface area contributed by atoms with Crippen LogP contribution in [0.3, 0.4) is 0 Å². The Morgan fingerprint density at radius 3 is 2.38 bits per heavy atom. The molecule has 0 unspecified atom stereocenters. The molecular formula is C20H19F2N3O3S. The summed E-state index contributed by atoms with van der Waals surface area (Å²) >= 11 is 0. The van der Waals surface area contributed by atoms with Gasteiger partial charge >= 0.3 is 0 Å². The zero-order valence-corrected chi connectivity index (χ0v) is 16.3. The first-order chi connectivity index (χ1) is 13.8. The number of aryl methyl sites for hydroxylation is 1. The molecule has 0 saturated carbocycles. The second kappa shape index (κ2) is 8.87. The van der Waals surface area contributed by atoms with Crippen molar-refractivity contribution in [3.05, 3.63) is 78.1 Å². The minimum absolute atomic E-state index is 0.143. The van der Waals surface area contributed by atoms with Gasteiger partial charge in [0.05, 0.1) is 5.69 Å². The summed E-state index contributed by atoms with van der Waals surface area (Å²) in [6, 6.07) is 11.2. The lowest BCUT2D eigenvalue weighted by molar-refractivity contribution is 0.333. The molecule has 0 aliphatic rings. The molecule has 2 aromatic carbocycles. The smallest absolute Gasteiger partial charge is 0.267 e. The van der Waals surface area contributed by atoms with Gasteiger partial charge < -0.3 is 10.1 Å². The van der Waals surface area contributed by atoms with Crippen LogP contribution in [0.4, 0.5) is 20.2 Å². The number of halogens is 2. The summed E-state index contributed by atoms with van der Waals surface area (Å²) < 4.78 is 60.4. The van der Waals surface area contributed by atoms with E-state index in [2.05, 4.69) is 15.0 Å². The summed E-state index contributed by atoms with van der Waals surface area (Å²) in [5.74, 6) is -1.90. The summed E-state index contributed by atoms with van der Waals surface area (Å²) in [5, 5.41) is 3.16. The third-order valence-electron chi connectivity index (χ3n) is 3.87. The molecule has 2 N–H and O–H groups in total. The van der Waals surface area contributed by atoms with Gasteiger partial charge in [0.1, 0.15) is 24.0 Å². The van der Waals surface area contributed by atoms with Gasteiger partial charge in [0, 0.05) is 30.7 Å². The van der Waals surface area contributed by atoms with E-state index in [-0.39, 0.29) is 5.69 Å². The van der Waals surface area contributed by atoms with Crippen molar-refractivity contribution in [2.45, 2.75) is 11.8 Å². The normalized spacial score (nSPS) is 11.1. The zero-order chi connectivity index (χ0) is 20.9. The second-order valence-corrected chi connectivity index (χ2v) is 7.82. The number of benzene rings is 2. The highest BCUT2D eigenvalue weighted by molar-refractivity contribution is 7.92. The number of ether oxygens (including phenoxy) is 1. The van der Waals surface area contributed by atoms with E-state index in [0.29, 0.717) is 18.9 Å². The minimum atomic E-state index is -4.44. The van der Waals surface area contributed by atoms with Crippen molar-refractivity contribution in [1.29, 1.82) is 0 Å². The van der Waals surface area contributed by atoms with Gasteiger partial charge in [-0.3, -0.25) is 9.71 Å². The van der Waals surface area contributed by atoms with Crippen LogP contribution in [0.1, 0.15) is 5.56 Å². The first-order valence-corrected chi connectivity index (χ1v) is 10.2. The Bertz CT molecular complexity index is 1070. The molecule has 3 rings (SSSR count). The molecule has 9 heteroatoms. The topological polar surface area (TPSA) is 80.3 Å². The number of nitrogens with one attached hydrogen (secondary N) is 2. The molecule has 6 nitrogen and oxygen atoms in total. The molecule has 0 spiro atoms. The number of rotatable bonds is 8. The molecule has 0 aliphatic heterocycles.